The largest absolute Gasteiger partial charge is 0.305 e. The molecule has 0 aliphatic rings. The van der Waals surface area contributed by atoms with Crippen molar-refractivity contribution in [1.82, 2.24) is 20.0 Å². The predicted octanol–water partition coefficient (Wildman–Crippen LogP) is 1.97. The van der Waals surface area contributed by atoms with E-state index in [1.807, 2.05) is 30.3 Å². The van der Waals surface area contributed by atoms with Crippen LogP contribution in [-0.2, 0) is 6.54 Å². The zero-order valence-corrected chi connectivity index (χ0v) is 11.2. The van der Waals surface area contributed by atoms with Crippen molar-refractivity contribution in [3.05, 3.63) is 72.2 Å². The van der Waals surface area contributed by atoms with Crippen molar-refractivity contribution in [2.24, 2.45) is 0 Å². The number of rotatable bonds is 4. The highest BCUT2D eigenvalue weighted by atomic mass is 16.2. The van der Waals surface area contributed by atoms with Crippen molar-refractivity contribution in [3.63, 3.8) is 0 Å². The van der Waals surface area contributed by atoms with Gasteiger partial charge in [0.2, 0.25) is 0 Å². The Kier molecular flexibility index (Phi) is 3.68. The van der Waals surface area contributed by atoms with Gasteiger partial charge in [-0.05, 0) is 17.7 Å². The van der Waals surface area contributed by atoms with Crippen LogP contribution in [0.15, 0.2) is 60.9 Å². The minimum absolute atomic E-state index is 0.261. The van der Waals surface area contributed by atoms with Gasteiger partial charge < -0.3 is 5.32 Å². The monoisotopic (exact) mass is 279 g/mol. The van der Waals surface area contributed by atoms with E-state index < -0.39 is 0 Å². The third-order valence-electron chi connectivity index (χ3n) is 2.87. The summed E-state index contributed by atoms with van der Waals surface area (Å²) in [7, 11) is 0. The van der Waals surface area contributed by atoms with Crippen molar-refractivity contribution in [1.29, 1.82) is 0 Å². The quantitative estimate of drug-likeness (QED) is 0.792. The van der Waals surface area contributed by atoms with Gasteiger partial charge in [-0.1, -0.05) is 41.6 Å². The number of benzene rings is 1. The second-order valence-electron chi connectivity index (χ2n) is 4.46. The molecule has 2 aromatic heterocycles. The summed E-state index contributed by atoms with van der Waals surface area (Å²) in [6.45, 7) is 0.574. The number of hydrogen-bond acceptors (Lipinski definition) is 4. The lowest BCUT2D eigenvalue weighted by molar-refractivity contribution is 0.102. The number of carbonyl (C=O) groups excluding carboxylic acids is 1. The van der Waals surface area contributed by atoms with Crippen molar-refractivity contribution in [2.75, 3.05) is 5.32 Å². The maximum atomic E-state index is 12.0. The van der Waals surface area contributed by atoms with E-state index in [4.69, 9.17) is 0 Å². The Balaban J connectivity index is 1.68. The normalized spacial score (nSPS) is 10.3. The summed E-state index contributed by atoms with van der Waals surface area (Å²) in [4.78, 5) is 16.0. The molecule has 104 valence electrons. The van der Waals surface area contributed by atoms with Crippen molar-refractivity contribution >= 4 is 11.7 Å². The molecule has 0 radical (unpaired) electrons. The second-order valence-corrected chi connectivity index (χ2v) is 4.46. The molecule has 6 nitrogen and oxygen atoms in total. The molecule has 0 atom stereocenters. The molecule has 0 fully saturated rings. The van der Waals surface area contributed by atoms with Crippen LogP contribution in [0, 0.1) is 0 Å². The second kappa shape index (κ2) is 5.96. The van der Waals surface area contributed by atoms with Gasteiger partial charge in [0, 0.05) is 6.20 Å². The number of nitrogens with one attached hydrogen (secondary N) is 1. The molecule has 1 amide bonds. The zero-order chi connectivity index (χ0) is 14.5. The van der Waals surface area contributed by atoms with E-state index in [1.54, 1.807) is 35.3 Å². The van der Waals surface area contributed by atoms with Gasteiger partial charge in [-0.25, -0.2) is 9.67 Å². The smallest absolute Gasteiger partial charge is 0.278 e. The summed E-state index contributed by atoms with van der Waals surface area (Å²) in [5.74, 6) is 0.160. The lowest BCUT2D eigenvalue weighted by Gasteiger charge is -2.00. The van der Waals surface area contributed by atoms with Crippen LogP contribution in [0.4, 0.5) is 5.82 Å². The van der Waals surface area contributed by atoms with Crippen LogP contribution in [0.5, 0.6) is 0 Å². The van der Waals surface area contributed by atoms with Crippen molar-refractivity contribution < 1.29 is 4.79 Å². The summed E-state index contributed by atoms with van der Waals surface area (Å²) in [6.07, 6.45) is 3.23. The summed E-state index contributed by atoms with van der Waals surface area (Å²) in [5, 5.41) is 10.5. The Morgan fingerprint density at radius 2 is 1.90 bits per heavy atom. The van der Waals surface area contributed by atoms with Crippen LogP contribution in [0.1, 0.15) is 16.1 Å². The van der Waals surface area contributed by atoms with Crippen LogP contribution in [0.3, 0.4) is 0 Å². The highest BCUT2D eigenvalue weighted by Gasteiger charge is 2.11. The maximum Gasteiger partial charge on any atom is 0.278 e. The number of hydrogen-bond donors (Lipinski definition) is 1. The average molecular weight is 279 g/mol. The topological polar surface area (TPSA) is 72.7 Å². The van der Waals surface area contributed by atoms with Crippen LogP contribution in [-0.4, -0.2) is 25.9 Å². The molecule has 1 N–H and O–H groups in total. The van der Waals surface area contributed by atoms with E-state index in [9.17, 15) is 4.79 Å². The number of anilines is 1. The first-order valence-corrected chi connectivity index (χ1v) is 6.48. The van der Waals surface area contributed by atoms with E-state index in [0.29, 0.717) is 12.4 Å². The fraction of sp³-hybridized carbons (Fsp3) is 0.0667. The highest BCUT2D eigenvalue weighted by molar-refractivity contribution is 6.01. The lowest BCUT2D eigenvalue weighted by Crippen LogP contribution is -2.13. The number of aromatic nitrogens is 4. The molecule has 3 rings (SSSR count). The molecule has 6 heteroatoms. The molecule has 0 unspecified atom stereocenters. The van der Waals surface area contributed by atoms with Crippen molar-refractivity contribution in [2.45, 2.75) is 6.54 Å². The molecule has 0 aliphatic heterocycles. The molecule has 3 aromatic rings. The summed E-state index contributed by atoms with van der Waals surface area (Å²) >= 11 is 0. The molecule has 0 saturated carbocycles. The highest BCUT2D eigenvalue weighted by Crippen LogP contribution is 2.05. The fourth-order valence-electron chi connectivity index (χ4n) is 1.87. The lowest BCUT2D eigenvalue weighted by atomic mass is 10.2. The maximum absolute atomic E-state index is 12.0. The van der Waals surface area contributed by atoms with E-state index in [2.05, 4.69) is 20.6 Å². The number of carbonyl (C=O) groups is 1. The van der Waals surface area contributed by atoms with Gasteiger partial charge in [0.15, 0.2) is 5.69 Å². The van der Waals surface area contributed by atoms with Crippen LogP contribution >= 0.6 is 0 Å². The third-order valence-corrected chi connectivity index (χ3v) is 2.87. The van der Waals surface area contributed by atoms with Crippen molar-refractivity contribution in [3.8, 4) is 0 Å². The first-order chi connectivity index (χ1) is 10.3. The van der Waals surface area contributed by atoms with Gasteiger partial charge in [-0.15, -0.1) is 5.10 Å². The van der Waals surface area contributed by atoms with Gasteiger partial charge in [-0.2, -0.15) is 0 Å². The first kappa shape index (κ1) is 13.0. The number of amides is 1. The standard InChI is InChI=1S/C15H13N5O/c21-15(17-14-8-4-5-9-16-14)13-11-20(19-18-13)10-12-6-2-1-3-7-12/h1-9,11H,10H2,(H,16,17,21). The molecule has 0 saturated heterocycles. The predicted molar refractivity (Wildman–Crippen MR) is 77.8 cm³/mol. The van der Waals surface area contributed by atoms with Gasteiger partial charge >= 0.3 is 0 Å². The number of nitrogens with zero attached hydrogens (tertiary/aromatic N) is 4. The van der Waals surface area contributed by atoms with E-state index in [0.717, 1.165) is 5.56 Å². The summed E-state index contributed by atoms with van der Waals surface area (Å²) in [5.41, 5.74) is 1.36. The molecule has 0 spiro atoms. The van der Waals surface area contributed by atoms with Gasteiger partial charge in [0.25, 0.3) is 5.91 Å². The summed E-state index contributed by atoms with van der Waals surface area (Å²) < 4.78 is 1.63. The van der Waals surface area contributed by atoms with E-state index >= 15 is 0 Å². The molecule has 21 heavy (non-hydrogen) atoms. The van der Waals surface area contributed by atoms with Crippen LogP contribution in [0.2, 0.25) is 0 Å². The molecule has 2 heterocycles. The molecular weight excluding hydrogens is 266 g/mol. The third kappa shape index (κ3) is 3.30. The molecule has 0 aliphatic carbocycles. The average Bonchev–Trinajstić information content (AvgIpc) is 2.98. The Morgan fingerprint density at radius 1 is 1.10 bits per heavy atom. The van der Waals surface area contributed by atoms with Crippen LogP contribution in [0.25, 0.3) is 0 Å². The first-order valence-electron chi connectivity index (χ1n) is 6.48. The minimum atomic E-state index is -0.326. The minimum Gasteiger partial charge on any atom is -0.305 e. The van der Waals surface area contributed by atoms with Gasteiger partial charge in [0.1, 0.15) is 5.82 Å². The fourth-order valence-corrected chi connectivity index (χ4v) is 1.87. The van der Waals surface area contributed by atoms with E-state index in [1.165, 1.54) is 0 Å². The molecule has 0 bridgehead atoms. The molecule has 1 aromatic carbocycles. The Bertz CT molecular complexity index is 724. The SMILES string of the molecule is O=C(Nc1ccccn1)c1cn(Cc2ccccc2)nn1. The van der Waals surface area contributed by atoms with Gasteiger partial charge in [-0.3, -0.25) is 4.79 Å². The molecular formula is C15H13N5O. The summed E-state index contributed by atoms with van der Waals surface area (Å²) in [6, 6.07) is 15.2. The zero-order valence-electron chi connectivity index (χ0n) is 11.2. The Labute approximate surface area is 121 Å². The van der Waals surface area contributed by atoms with E-state index in [-0.39, 0.29) is 11.6 Å². The van der Waals surface area contributed by atoms with Gasteiger partial charge in [0.05, 0.1) is 12.7 Å². The van der Waals surface area contributed by atoms with Crippen LogP contribution < -0.4 is 5.32 Å². The Morgan fingerprint density at radius 3 is 2.67 bits per heavy atom. The number of pyridine rings is 1. The Hall–Kier alpha value is -3.02.